The van der Waals surface area contributed by atoms with Crippen molar-refractivity contribution in [1.29, 1.82) is 0 Å². The molecular formula is C23H24N2O. The molecule has 0 unspecified atom stereocenters. The quantitative estimate of drug-likeness (QED) is 0.769. The van der Waals surface area contributed by atoms with Gasteiger partial charge >= 0.3 is 0 Å². The lowest BCUT2D eigenvalue weighted by Crippen LogP contribution is -2.37. The van der Waals surface area contributed by atoms with Gasteiger partial charge in [0.05, 0.1) is 0 Å². The van der Waals surface area contributed by atoms with E-state index in [9.17, 15) is 4.79 Å². The second-order valence-electron chi connectivity index (χ2n) is 7.08. The smallest absolute Gasteiger partial charge is 0.253 e. The summed E-state index contributed by atoms with van der Waals surface area (Å²) in [6, 6.07) is 22.7. The van der Waals surface area contributed by atoms with Crippen LogP contribution in [0.25, 0.3) is 10.8 Å². The normalized spacial score (nSPS) is 15.3. The lowest BCUT2D eigenvalue weighted by atomic mass is 9.88. The van der Waals surface area contributed by atoms with Crippen molar-refractivity contribution in [1.82, 2.24) is 4.90 Å². The van der Waals surface area contributed by atoms with Crippen LogP contribution in [0.1, 0.15) is 40.2 Å². The number of nitrogens with zero attached hydrogens (tertiary/aromatic N) is 1. The highest BCUT2D eigenvalue weighted by Gasteiger charge is 2.24. The molecule has 0 saturated carbocycles. The minimum absolute atomic E-state index is 0.143. The summed E-state index contributed by atoms with van der Waals surface area (Å²) in [4.78, 5) is 14.9. The van der Waals surface area contributed by atoms with Crippen molar-refractivity contribution in [3.05, 3.63) is 83.4 Å². The molecule has 3 aromatic carbocycles. The number of hydrogen-bond donors (Lipinski definition) is 1. The Balaban J connectivity index is 1.45. The topological polar surface area (TPSA) is 46.3 Å². The molecule has 0 aromatic heterocycles. The van der Waals surface area contributed by atoms with Gasteiger partial charge in [-0.25, -0.2) is 0 Å². The Kier molecular flexibility index (Phi) is 4.72. The maximum atomic E-state index is 12.9. The van der Waals surface area contributed by atoms with Crippen LogP contribution in [0, 0.1) is 0 Å². The summed E-state index contributed by atoms with van der Waals surface area (Å²) in [5.41, 5.74) is 9.08. The number of hydrogen-bond acceptors (Lipinski definition) is 2. The Hall–Kier alpha value is -2.65. The minimum atomic E-state index is 0.143. The van der Waals surface area contributed by atoms with E-state index in [4.69, 9.17) is 5.73 Å². The van der Waals surface area contributed by atoms with Crippen LogP contribution >= 0.6 is 0 Å². The van der Waals surface area contributed by atoms with Crippen molar-refractivity contribution < 1.29 is 4.79 Å². The van der Waals surface area contributed by atoms with Gasteiger partial charge in [-0.15, -0.1) is 0 Å². The highest BCUT2D eigenvalue weighted by molar-refractivity contribution is 5.98. The zero-order valence-corrected chi connectivity index (χ0v) is 14.9. The van der Waals surface area contributed by atoms with Gasteiger partial charge < -0.3 is 10.6 Å². The standard InChI is InChI=1S/C23H24N2O/c24-16-17-4-3-7-20(14-17)19-10-12-25(13-11-19)23(26)22-9-8-18-5-1-2-6-21(18)15-22/h1-9,14-15,19H,10-13,16,24H2. The third kappa shape index (κ3) is 3.35. The molecule has 3 aromatic rings. The molecule has 0 atom stereocenters. The van der Waals surface area contributed by atoms with Crippen molar-refractivity contribution in [2.24, 2.45) is 5.73 Å². The molecule has 0 radical (unpaired) electrons. The summed E-state index contributed by atoms with van der Waals surface area (Å²) in [7, 11) is 0. The third-order valence-electron chi connectivity index (χ3n) is 5.44. The molecule has 1 fully saturated rings. The fraction of sp³-hybridized carbons (Fsp3) is 0.261. The van der Waals surface area contributed by atoms with Crippen molar-refractivity contribution >= 4 is 16.7 Å². The molecule has 1 aliphatic heterocycles. The fourth-order valence-electron chi connectivity index (χ4n) is 3.89. The van der Waals surface area contributed by atoms with Crippen LogP contribution < -0.4 is 5.73 Å². The molecule has 0 bridgehead atoms. The highest BCUT2D eigenvalue weighted by atomic mass is 16.2. The Bertz CT molecular complexity index is 926. The molecule has 3 nitrogen and oxygen atoms in total. The summed E-state index contributed by atoms with van der Waals surface area (Å²) >= 11 is 0. The molecule has 132 valence electrons. The molecule has 2 N–H and O–H groups in total. The average Bonchev–Trinajstić information content (AvgIpc) is 2.73. The second kappa shape index (κ2) is 7.30. The van der Waals surface area contributed by atoms with E-state index in [-0.39, 0.29) is 5.91 Å². The van der Waals surface area contributed by atoms with Gasteiger partial charge in [0.15, 0.2) is 0 Å². The predicted octanol–water partition coefficient (Wildman–Crippen LogP) is 4.32. The van der Waals surface area contributed by atoms with Gasteiger partial charge in [0, 0.05) is 25.2 Å². The molecule has 26 heavy (non-hydrogen) atoms. The Morgan fingerprint density at radius 3 is 2.46 bits per heavy atom. The summed E-state index contributed by atoms with van der Waals surface area (Å²) in [6.45, 7) is 2.19. The lowest BCUT2D eigenvalue weighted by molar-refractivity contribution is 0.0713. The van der Waals surface area contributed by atoms with Crippen LogP contribution in [0.3, 0.4) is 0 Å². The Morgan fingerprint density at radius 1 is 0.923 bits per heavy atom. The van der Waals surface area contributed by atoms with E-state index in [0.717, 1.165) is 36.9 Å². The van der Waals surface area contributed by atoms with Crippen molar-refractivity contribution in [2.45, 2.75) is 25.3 Å². The molecule has 1 aliphatic rings. The van der Waals surface area contributed by atoms with E-state index >= 15 is 0 Å². The van der Waals surface area contributed by atoms with E-state index < -0.39 is 0 Å². The van der Waals surface area contributed by atoms with Gasteiger partial charge in [-0.05, 0) is 52.8 Å². The van der Waals surface area contributed by atoms with Crippen molar-refractivity contribution in [2.75, 3.05) is 13.1 Å². The number of rotatable bonds is 3. The summed E-state index contributed by atoms with van der Waals surface area (Å²) < 4.78 is 0. The SMILES string of the molecule is NCc1cccc(C2CCN(C(=O)c3ccc4ccccc4c3)CC2)c1. The number of carbonyl (C=O) groups excluding carboxylic acids is 1. The first-order valence-electron chi connectivity index (χ1n) is 9.31. The molecule has 3 heteroatoms. The molecule has 1 heterocycles. The fourth-order valence-corrected chi connectivity index (χ4v) is 3.89. The predicted molar refractivity (Wildman–Crippen MR) is 106 cm³/mol. The zero-order chi connectivity index (χ0) is 17.9. The average molecular weight is 344 g/mol. The molecule has 0 spiro atoms. The Labute approximate surface area is 154 Å². The number of likely N-dealkylation sites (tertiary alicyclic amines) is 1. The number of piperidine rings is 1. The van der Waals surface area contributed by atoms with E-state index in [0.29, 0.717) is 12.5 Å². The van der Waals surface area contributed by atoms with Gasteiger partial charge in [-0.1, -0.05) is 54.6 Å². The van der Waals surface area contributed by atoms with Gasteiger partial charge in [0.1, 0.15) is 0 Å². The highest BCUT2D eigenvalue weighted by Crippen LogP contribution is 2.29. The number of benzene rings is 3. The third-order valence-corrected chi connectivity index (χ3v) is 5.44. The second-order valence-corrected chi connectivity index (χ2v) is 7.08. The van der Waals surface area contributed by atoms with E-state index in [1.165, 1.54) is 16.5 Å². The molecule has 4 rings (SSSR count). The molecule has 0 aliphatic carbocycles. The number of nitrogens with two attached hydrogens (primary N) is 1. The van der Waals surface area contributed by atoms with Crippen LogP contribution in [0.5, 0.6) is 0 Å². The zero-order valence-electron chi connectivity index (χ0n) is 14.9. The number of carbonyl (C=O) groups is 1. The lowest BCUT2D eigenvalue weighted by Gasteiger charge is -2.32. The largest absolute Gasteiger partial charge is 0.339 e. The monoisotopic (exact) mass is 344 g/mol. The molecule has 1 saturated heterocycles. The first-order chi connectivity index (χ1) is 12.7. The van der Waals surface area contributed by atoms with Gasteiger partial charge in [-0.2, -0.15) is 0 Å². The Morgan fingerprint density at radius 2 is 1.69 bits per heavy atom. The van der Waals surface area contributed by atoms with Crippen molar-refractivity contribution in [3.8, 4) is 0 Å². The van der Waals surface area contributed by atoms with E-state index in [1.54, 1.807) is 0 Å². The van der Waals surface area contributed by atoms with Crippen LogP contribution in [0.4, 0.5) is 0 Å². The van der Waals surface area contributed by atoms with Gasteiger partial charge in [0.25, 0.3) is 5.91 Å². The van der Waals surface area contributed by atoms with Crippen molar-refractivity contribution in [3.63, 3.8) is 0 Å². The minimum Gasteiger partial charge on any atom is -0.339 e. The van der Waals surface area contributed by atoms with Crippen LogP contribution in [0.2, 0.25) is 0 Å². The maximum Gasteiger partial charge on any atom is 0.253 e. The van der Waals surface area contributed by atoms with Gasteiger partial charge in [0.2, 0.25) is 0 Å². The van der Waals surface area contributed by atoms with Crippen LogP contribution in [-0.4, -0.2) is 23.9 Å². The first-order valence-corrected chi connectivity index (χ1v) is 9.31. The molecular weight excluding hydrogens is 320 g/mol. The van der Waals surface area contributed by atoms with Crippen LogP contribution in [0.15, 0.2) is 66.7 Å². The number of fused-ring (bicyclic) bond motifs is 1. The van der Waals surface area contributed by atoms with Crippen LogP contribution in [-0.2, 0) is 6.54 Å². The summed E-state index contributed by atoms with van der Waals surface area (Å²) in [6.07, 6.45) is 2.01. The number of amides is 1. The van der Waals surface area contributed by atoms with E-state index in [1.807, 2.05) is 35.2 Å². The summed E-state index contributed by atoms with van der Waals surface area (Å²) in [5.74, 6) is 0.659. The van der Waals surface area contributed by atoms with E-state index in [2.05, 4.69) is 36.4 Å². The van der Waals surface area contributed by atoms with Gasteiger partial charge in [-0.3, -0.25) is 4.79 Å². The molecule has 1 amide bonds. The summed E-state index contributed by atoms with van der Waals surface area (Å²) in [5, 5.41) is 2.29. The first kappa shape index (κ1) is 16.8. The maximum absolute atomic E-state index is 12.9.